The van der Waals surface area contributed by atoms with Crippen LogP contribution in [0.25, 0.3) is 10.3 Å². The highest BCUT2D eigenvalue weighted by Gasteiger charge is 2.23. The number of thiazole rings is 1. The Hall–Kier alpha value is -3.21. The van der Waals surface area contributed by atoms with Gasteiger partial charge < -0.3 is 15.5 Å². The number of rotatable bonds is 7. The van der Waals surface area contributed by atoms with Crippen molar-refractivity contribution >= 4 is 39.4 Å². The highest BCUT2D eigenvalue weighted by atomic mass is 32.1. The first-order valence-electron chi connectivity index (χ1n) is 9.68. The first-order chi connectivity index (χ1) is 14.6. The highest BCUT2D eigenvalue weighted by molar-refractivity contribution is 7.18. The van der Waals surface area contributed by atoms with Crippen LogP contribution in [0.5, 0.6) is 0 Å². The number of likely N-dealkylation sites (N-methyl/N-ethyl adjacent to an activating group) is 1. The van der Waals surface area contributed by atoms with Crippen LogP contribution in [0.15, 0.2) is 18.5 Å². The second-order valence-corrected chi connectivity index (χ2v) is 8.57. The van der Waals surface area contributed by atoms with Crippen molar-refractivity contribution < 1.29 is 14.0 Å². The number of carbonyl (C=O) groups is 2. The summed E-state index contributed by atoms with van der Waals surface area (Å²) in [6.07, 6.45) is 2.68. The Bertz CT molecular complexity index is 1120. The third kappa shape index (κ3) is 5.48. The lowest BCUT2D eigenvalue weighted by atomic mass is 10.1. The zero-order valence-corrected chi connectivity index (χ0v) is 18.7. The second kappa shape index (κ2) is 9.29. The van der Waals surface area contributed by atoms with E-state index in [0.29, 0.717) is 22.5 Å². The van der Waals surface area contributed by atoms with Crippen LogP contribution in [0.3, 0.4) is 0 Å². The number of anilines is 1. The number of carbonyl (C=O) groups excluding carboxylic acids is 2. The van der Waals surface area contributed by atoms with Crippen LogP contribution in [-0.2, 0) is 4.79 Å². The number of amides is 2. The van der Waals surface area contributed by atoms with Crippen molar-refractivity contribution in [1.29, 1.82) is 0 Å². The van der Waals surface area contributed by atoms with E-state index in [0.717, 1.165) is 11.2 Å². The van der Waals surface area contributed by atoms with Crippen LogP contribution in [0.2, 0.25) is 0 Å². The summed E-state index contributed by atoms with van der Waals surface area (Å²) in [6, 6.07) is 0.810. The van der Waals surface area contributed by atoms with Gasteiger partial charge >= 0.3 is 0 Å². The fourth-order valence-electron chi connectivity index (χ4n) is 3.15. The fourth-order valence-corrected chi connectivity index (χ4v) is 3.99. The standard InChI is InChI=1S/C20H24FN7O2S/c1-10(23-12(3)29)9-28(5)19(30)16-17-18(25-13(4)31-17)27-20(26-16)24-11(2)14-6-15(21)8-22-7-14/h6-8,10-11H,9H2,1-5H3,(H,23,29)(H,24,26,27)/t10?,11-/m0/s1. The van der Waals surface area contributed by atoms with Gasteiger partial charge in [-0.1, -0.05) is 0 Å². The molecule has 3 heterocycles. The lowest BCUT2D eigenvalue weighted by Crippen LogP contribution is -2.42. The number of halogens is 1. The smallest absolute Gasteiger partial charge is 0.274 e. The van der Waals surface area contributed by atoms with Crippen molar-refractivity contribution in [3.8, 4) is 0 Å². The average molecular weight is 446 g/mol. The molecule has 0 aliphatic carbocycles. The van der Waals surface area contributed by atoms with Crippen LogP contribution in [0, 0.1) is 12.7 Å². The summed E-state index contributed by atoms with van der Waals surface area (Å²) < 4.78 is 14.1. The van der Waals surface area contributed by atoms with Crippen LogP contribution in [0.4, 0.5) is 10.3 Å². The Balaban J connectivity index is 1.90. The largest absolute Gasteiger partial charge is 0.352 e. The van der Waals surface area contributed by atoms with Crippen molar-refractivity contribution in [2.75, 3.05) is 18.9 Å². The van der Waals surface area contributed by atoms with Crippen LogP contribution in [0.1, 0.15) is 47.9 Å². The molecule has 11 heteroatoms. The molecule has 3 aromatic rings. The Morgan fingerprint density at radius 3 is 2.65 bits per heavy atom. The van der Waals surface area contributed by atoms with E-state index in [1.165, 1.54) is 29.2 Å². The topological polar surface area (TPSA) is 113 Å². The van der Waals surface area contributed by atoms with Gasteiger partial charge in [0, 0.05) is 32.8 Å². The SMILES string of the molecule is CC(=O)NC(C)CN(C)C(=O)c1nc(N[C@@H](C)c2cncc(F)c2)nc2nc(C)sc12. The third-order valence-electron chi connectivity index (χ3n) is 4.48. The maximum atomic E-state index is 13.5. The number of aromatic nitrogens is 4. The zero-order chi connectivity index (χ0) is 22.7. The summed E-state index contributed by atoms with van der Waals surface area (Å²) in [7, 11) is 1.65. The minimum Gasteiger partial charge on any atom is -0.352 e. The zero-order valence-electron chi connectivity index (χ0n) is 17.9. The summed E-state index contributed by atoms with van der Waals surface area (Å²) in [5.41, 5.74) is 1.25. The molecule has 2 atom stereocenters. The Morgan fingerprint density at radius 1 is 1.23 bits per heavy atom. The average Bonchev–Trinajstić information content (AvgIpc) is 3.06. The lowest BCUT2D eigenvalue weighted by molar-refractivity contribution is -0.119. The number of nitrogens with one attached hydrogen (secondary N) is 2. The maximum absolute atomic E-state index is 13.5. The van der Waals surface area contributed by atoms with Crippen LogP contribution >= 0.6 is 11.3 Å². The van der Waals surface area contributed by atoms with E-state index in [1.54, 1.807) is 13.2 Å². The van der Waals surface area contributed by atoms with Crippen molar-refractivity contribution in [3.63, 3.8) is 0 Å². The predicted octanol–water partition coefficient (Wildman–Crippen LogP) is 2.70. The van der Waals surface area contributed by atoms with Gasteiger partial charge in [0.25, 0.3) is 5.91 Å². The number of pyridine rings is 1. The van der Waals surface area contributed by atoms with Crippen molar-refractivity contribution in [2.24, 2.45) is 0 Å². The monoisotopic (exact) mass is 445 g/mol. The van der Waals surface area contributed by atoms with Gasteiger partial charge in [0.2, 0.25) is 11.9 Å². The maximum Gasteiger partial charge on any atom is 0.274 e. The van der Waals surface area contributed by atoms with Crippen molar-refractivity contribution in [3.05, 3.63) is 40.5 Å². The molecule has 3 aromatic heterocycles. The summed E-state index contributed by atoms with van der Waals surface area (Å²) in [5, 5.41) is 6.61. The van der Waals surface area contributed by atoms with Gasteiger partial charge in [-0.25, -0.2) is 14.4 Å². The molecule has 2 N–H and O–H groups in total. The Kier molecular flexibility index (Phi) is 6.74. The van der Waals surface area contributed by atoms with E-state index < -0.39 is 5.82 Å². The molecule has 3 rings (SSSR count). The number of aryl methyl sites for hydroxylation is 1. The van der Waals surface area contributed by atoms with Crippen LogP contribution < -0.4 is 10.6 Å². The van der Waals surface area contributed by atoms with E-state index in [-0.39, 0.29) is 35.5 Å². The minimum absolute atomic E-state index is 0.164. The van der Waals surface area contributed by atoms with Crippen molar-refractivity contribution in [2.45, 2.75) is 39.8 Å². The summed E-state index contributed by atoms with van der Waals surface area (Å²) >= 11 is 1.34. The summed E-state index contributed by atoms with van der Waals surface area (Å²) in [5.74, 6) is -0.704. The molecule has 0 saturated heterocycles. The normalized spacial score (nSPS) is 13.0. The van der Waals surface area contributed by atoms with Crippen molar-refractivity contribution in [1.82, 2.24) is 30.2 Å². The van der Waals surface area contributed by atoms with Gasteiger partial charge in [-0.15, -0.1) is 11.3 Å². The molecule has 1 unspecified atom stereocenters. The molecule has 0 aromatic carbocycles. The molecular formula is C20H24FN7O2S. The predicted molar refractivity (Wildman–Crippen MR) is 116 cm³/mol. The van der Waals surface area contributed by atoms with E-state index in [9.17, 15) is 14.0 Å². The third-order valence-corrected chi connectivity index (χ3v) is 5.45. The number of fused-ring (bicyclic) bond motifs is 1. The van der Waals surface area contributed by atoms with E-state index in [1.807, 2.05) is 20.8 Å². The van der Waals surface area contributed by atoms with Gasteiger partial charge in [-0.05, 0) is 32.4 Å². The molecule has 0 saturated carbocycles. The molecule has 0 aliphatic heterocycles. The first-order valence-corrected chi connectivity index (χ1v) is 10.5. The van der Waals surface area contributed by atoms with Gasteiger partial charge in [-0.3, -0.25) is 14.6 Å². The summed E-state index contributed by atoms with van der Waals surface area (Å²) in [4.78, 5) is 43.0. The quantitative estimate of drug-likeness (QED) is 0.575. The number of hydrogen-bond acceptors (Lipinski definition) is 8. The Labute approximate surface area is 183 Å². The molecule has 0 aliphatic rings. The highest BCUT2D eigenvalue weighted by Crippen LogP contribution is 2.26. The Morgan fingerprint density at radius 2 is 1.97 bits per heavy atom. The molecule has 0 spiro atoms. The summed E-state index contributed by atoms with van der Waals surface area (Å²) in [6.45, 7) is 7.21. The molecule has 2 amide bonds. The molecule has 9 nitrogen and oxygen atoms in total. The van der Waals surface area contributed by atoms with Crippen LogP contribution in [-0.4, -0.2) is 56.3 Å². The molecule has 0 radical (unpaired) electrons. The van der Waals surface area contributed by atoms with E-state index in [2.05, 4.69) is 30.6 Å². The van der Waals surface area contributed by atoms with Gasteiger partial charge in [0.15, 0.2) is 11.3 Å². The fraction of sp³-hybridized carbons (Fsp3) is 0.400. The second-order valence-electron chi connectivity index (χ2n) is 7.37. The molecule has 0 fully saturated rings. The first kappa shape index (κ1) is 22.5. The van der Waals surface area contributed by atoms with Gasteiger partial charge in [0.1, 0.15) is 10.5 Å². The van der Waals surface area contributed by atoms with E-state index >= 15 is 0 Å². The molecule has 31 heavy (non-hydrogen) atoms. The molecule has 0 bridgehead atoms. The molecule has 164 valence electrons. The molecular weight excluding hydrogens is 421 g/mol. The van der Waals surface area contributed by atoms with Gasteiger partial charge in [-0.2, -0.15) is 4.98 Å². The number of nitrogens with zero attached hydrogens (tertiary/aromatic N) is 5. The van der Waals surface area contributed by atoms with Gasteiger partial charge in [0.05, 0.1) is 17.2 Å². The van der Waals surface area contributed by atoms with E-state index in [4.69, 9.17) is 0 Å². The lowest BCUT2D eigenvalue weighted by Gasteiger charge is -2.22. The number of hydrogen-bond donors (Lipinski definition) is 2. The minimum atomic E-state index is -0.441.